The summed E-state index contributed by atoms with van der Waals surface area (Å²) in [5.41, 5.74) is 1.13. The largest absolute Gasteiger partial charge is 0.323 e. The van der Waals surface area contributed by atoms with Gasteiger partial charge in [-0.1, -0.05) is 23.7 Å². The van der Waals surface area contributed by atoms with Gasteiger partial charge in [0.05, 0.1) is 11.7 Å². The summed E-state index contributed by atoms with van der Waals surface area (Å²) in [7, 11) is 0. The molecule has 0 aromatic heterocycles. The second kappa shape index (κ2) is 7.70. The second-order valence-electron chi connectivity index (χ2n) is 5.93. The van der Waals surface area contributed by atoms with E-state index in [-0.39, 0.29) is 42.9 Å². The molecule has 0 aliphatic carbocycles. The van der Waals surface area contributed by atoms with Crippen LogP contribution in [-0.4, -0.2) is 35.0 Å². The minimum Gasteiger partial charge on any atom is -0.320 e. The van der Waals surface area contributed by atoms with Gasteiger partial charge in [0.15, 0.2) is 0 Å². The Bertz CT molecular complexity index is 830. The Morgan fingerprint density at radius 2 is 1.88 bits per heavy atom. The van der Waals surface area contributed by atoms with Crippen LogP contribution in [0.15, 0.2) is 42.5 Å². The lowest BCUT2D eigenvalue weighted by atomic mass is 10.2. The molecular formula is C18H16ClF2N3O2. The van der Waals surface area contributed by atoms with Crippen molar-refractivity contribution >= 4 is 29.2 Å². The van der Waals surface area contributed by atoms with Crippen LogP contribution in [0.25, 0.3) is 0 Å². The van der Waals surface area contributed by atoms with Gasteiger partial charge >= 0.3 is 6.03 Å². The predicted molar refractivity (Wildman–Crippen MR) is 93.6 cm³/mol. The third kappa shape index (κ3) is 4.29. The van der Waals surface area contributed by atoms with Crippen LogP contribution in [0.2, 0.25) is 5.02 Å². The number of rotatable bonds is 3. The van der Waals surface area contributed by atoms with Gasteiger partial charge in [-0.2, -0.15) is 0 Å². The lowest BCUT2D eigenvalue weighted by Crippen LogP contribution is -2.51. The van der Waals surface area contributed by atoms with Crippen molar-refractivity contribution in [3.8, 4) is 0 Å². The average molecular weight is 380 g/mol. The van der Waals surface area contributed by atoms with Crippen LogP contribution in [0.4, 0.5) is 19.3 Å². The standard InChI is InChI=1S/C18H16ClF2N3O2/c19-15-9-14(5-6-16(15)21)22-18(26)23-8-7-17(25)24(11-23)10-12-1-3-13(20)4-2-12/h1-6,9H,7-8,10-11H2,(H,22,26). The third-order valence-corrected chi connectivity index (χ3v) is 4.32. The molecule has 3 rings (SSSR count). The first kappa shape index (κ1) is 18.1. The number of urea groups is 1. The molecule has 26 heavy (non-hydrogen) atoms. The van der Waals surface area contributed by atoms with Crippen LogP contribution in [0, 0.1) is 11.6 Å². The van der Waals surface area contributed by atoms with Crippen LogP contribution in [0.1, 0.15) is 12.0 Å². The first-order valence-electron chi connectivity index (χ1n) is 7.95. The van der Waals surface area contributed by atoms with Crippen molar-refractivity contribution in [2.45, 2.75) is 13.0 Å². The van der Waals surface area contributed by atoms with E-state index in [9.17, 15) is 18.4 Å². The Morgan fingerprint density at radius 3 is 2.58 bits per heavy atom. The molecule has 2 aromatic carbocycles. The predicted octanol–water partition coefficient (Wildman–Crippen LogP) is 3.84. The van der Waals surface area contributed by atoms with Crippen molar-refractivity contribution in [3.63, 3.8) is 0 Å². The number of amides is 3. The van der Waals surface area contributed by atoms with Crippen molar-refractivity contribution in [3.05, 3.63) is 64.7 Å². The minimum absolute atomic E-state index is 0.0804. The monoisotopic (exact) mass is 379 g/mol. The smallest absolute Gasteiger partial charge is 0.320 e. The minimum atomic E-state index is -0.571. The highest BCUT2D eigenvalue weighted by atomic mass is 35.5. The van der Waals surface area contributed by atoms with Gasteiger partial charge in [0, 0.05) is 25.2 Å². The molecule has 0 bridgehead atoms. The lowest BCUT2D eigenvalue weighted by molar-refractivity contribution is -0.137. The molecule has 1 heterocycles. The van der Waals surface area contributed by atoms with Gasteiger partial charge in [-0.05, 0) is 35.9 Å². The quantitative estimate of drug-likeness (QED) is 0.880. The zero-order valence-electron chi connectivity index (χ0n) is 13.7. The molecule has 136 valence electrons. The molecule has 1 aliphatic rings. The molecule has 0 atom stereocenters. The number of anilines is 1. The number of hydrogen-bond donors (Lipinski definition) is 1. The summed E-state index contributed by atoms with van der Waals surface area (Å²) >= 11 is 5.71. The highest BCUT2D eigenvalue weighted by Crippen LogP contribution is 2.20. The van der Waals surface area contributed by atoms with Crippen molar-refractivity contribution < 1.29 is 18.4 Å². The maximum Gasteiger partial charge on any atom is 0.323 e. The van der Waals surface area contributed by atoms with E-state index in [1.165, 1.54) is 40.1 Å². The van der Waals surface area contributed by atoms with Gasteiger partial charge in [-0.15, -0.1) is 0 Å². The fourth-order valence-electron chi connectivity index (χ4n) is 2.63. The SMILES string of the molecule is O=C1CCN(C(=O)Nc2ccc(F)c(Cl)c2)CN1Cc1ccc(F)cc1. The van der Waals surface area contributed by atoms with Crippen molar-refractivity contribution in [1.29, 1.82) is 0 Å². The number of carbonyl (C=O) groups is 2. The zero-order chi connectivity index (χ0) is 18.7. The average Bonchev–Trinajstić information content (AvgIpc) is 2.62. The van der Waals surface area contributed by atoms with Crippen LogP contribution in [-0.2, 0) is 11.3 Å². The van der Waals surface area contributed by atoms with Gasteiger partial charge < -0.3 is 15.1 Å². The fraction of sp³-hybridized carbons (Fsp3) is 0.222. The van der Waals surface area contributed by atoms with Crippen molar-refractivity contribution in [2.75, 3.05) is 18.5 Å². The van der Waals surface area contributed by atoms with Gasteiger partial charge in [0.2, 0.25) is 5.91 Å². The Kier molecular flexibility index (Phi) is 5.37. The summed E-state index contributed by atoms with van der Waals surface area (Å²) in [5.74, 6) is -1.00. The van der Waals surface area contributed by atoms with E-state index < -0.39 is 11.8 Å². The van der Waals surface area contributed by atoms with E-state index >= 15 is 0 Å². The maximum atomic E-state index is 13.2. The molecule has 1 N–H and O–H groups in total. The van der Waals surface area contributed by atoms with Crippen LogP contribution in [0.3, 0.4) is 0 Å². The summed E-state index contributed by atoms with van der Waals surface area (Å²) in [6.45, 7) is 0.668. The highest BCUT2D eigenvalue weighted by Gasteiger charge is 2.27. The molecule has 3 amide bonds. The third-order valence-electron chi connectivity index (χ3n) is 4.03. The molecular weight excluding hydrogens is 364 g/mol. The van der Waals surface area contributed by atoms with Crippen LogP contribution < -0.4 is 5.32 Å². The molecule has 0 saturated carbocycles. The molecule has 2 aromatic rings. The molecule has 1 aliphatic heterocycles. The zero-order valence-corrected chi connectivity index (χ0v) is 14.5. The number of nitrogens with zero attached hydrogens (tertiary/aromatic N) is 2. The topological polar surface area (TPSA) is 52.7 Å². The van der Waals surface area contributed by atoms with Crippen LogP contribution in [0.5, 0.6) is 0 Å². The summed E-state index contributed by atoms with van der Waals surface area (Å²) in [4.78, 5) is 27.5. The Balaban J connectivity index is 1.64. The van der Waals surface area contributed by atoms with Crippen molar-refractivity contribution in [2.24, 2.45) is 0 Å². The maximum absolute atomic E-state index is 13.2. The molecule has 1 fully saturated rings. The lowest BCUT2D eigenvalue weighted by Gasteiger charge is -2.35. The van der Waals surface area contributed by atoms with Crippen LogP contribution >= 0.6 is 11.6 Å². The van der Waals surface area contributed by atoms with E-state index in [1.807, 2.05) is 0 Å². The summed E-state index contributed by atoms with van der Waals surface area (Å²) in [5, 5.41) is 2.55. The van der Waals surface area contributed by atoms with Crippen molar-refractivity contribution in [1.82, 2.24) is 9.80 Å². The summed E-state index contributed by atoms with van der Waals surface area (Å²) < 4.78 is 26.2. The van der Waals surface area contributed by atoms with E-state index in [0.717, 1.165) is 5.56 Å². The number of halogens is 3. The highest BCUT2D eigenvalue weighted by molar-refractivity contribution is 6.31. The number of benzene rings is 2. The van der Waals surface area contributed by atoms with Gasteiger partial charge in [-0.25, -0.2) is 13.6 Å². The van der Waals surface area contributed by atoms with Gasteiger partial charge in [-0.3, -0.25) is 4.79 Å². The van der Waals surface area contributed by atoms with E-state index in [0.29, 0.717) is 5.69 Å². The Labute approximate surface area is 154 Å². The number of carbonyl (C=O) groups excluding carboxylic acids is 2. The first-order valence-corrected chi connectivity index (χ1v) is 8.33. The molecule has 0 unspecified atom stereocenters. The molecule has 5 nitrogen and oxygen atoms in total. The van der Waals surface area contributed by atoms with Gasteiger partial charge in [0.25, 0.3) is 0 Å². The number of nitrogens with one attached hydrogen (secondary N) is 1. The Hall–Kier alpha value is -2.67. The molecule has 0 spiro atoms. The molecule has 8 heteroatoms. The van der Waals surface area contributed by atoms with E-state index in [4.69, 9.17) is 11.6 Å². The summed E-state index contributed by atoms with van der Waals surface area (Å²) in [6.07, 6.45) is 0.193. The van der Waals surface area contributed by atoms with E-state index in [1.54, 1.807) is 12.1 Å². The number of hydrogen-bond acceptors (Lipinski definition) is 2. The van der Waals surface area contributed by atoms with Gasteiger partial charge in [0.1, 0.15) is 11.6 Å². The summed E-state index contributed by atoms with van der Waals surface area (Å²) in [6, 6.07) is 9.33. The molecule has 0 radical (unpaired) electrons. The van der Waals surface area contributed by atoms with E-state index in [2.05, 4.69) is 5.32 Å². The second-order valence-corrected chi connectivity index (χ2v) is 6.34. The Morgan fingerprint density at radius 1 is 1.15 bits per heavy atom. The normalized spacial score (nSPS) is 14.5. The molecule has 1 saturated heterocycles. The fourth-order valence-corrected chi connectivity index (χ4v) is 2.82. The first-order chi connectivity index (χ1) is 12.4.